The molecule has 16 nitrogen and oxygen atoms in total. The number of carboxylic acids is 1. The minimum absolute atomic E-state index is 0.117. The normalized spacial score (nSPS) is 24.1. The lowest BCUT2D eigenvalue weighted by Crippen LogP contribution is -2.56. The minimum Gasteiger partial charge on any atom is -0.480 e. The van der Waals surface area contributed by atoms with Gasteiger partial charge in [-0.2, -0.15) is 15.5 Å². The molecular weight excluding hydrogens is 996 g/mol. The number of aliphatic carboxylic acids is 1. The average Bonchev–Trinajstić information content (AvgIpc) is 4.17. The summed E-state index contributed by atoms with van der Waals surface area (Å²) in [4.78, 5) is 40.3. The van der Waals surface area contributed by atoms with Crippen LogP contribution in [-0.2, 0) is 4.79 Å². The molecule has 10 rings (SSSR count). The highest BCUT2D eigenvalue weighted by Crippen LogP contribution is 2.37. The van der Waals surface area contributed by atoms with Crippen LogP contribution in [0.5, 0.6) is 0 Å². The summed E-state index contributed by atoms with van der Waals surface area (Å²) in [6, 6.07) is 13.1. The molecule has 4 aliphatic rings. The lowest BCUT2D eigenvalue weighted by Gasteiger charge is -2.46. The van der Waals surface area contributed by atoms with Crippen molar-refractivity contribution in [3.05, 3.63) is 91.4 Å². The second-order valence-corrected chi connectivity index (χ2v) is 22.4. The Labute approximate surface area is 440 Å². The van der Waals surface area contributed by atoms with Gasteiger partial charge in [0.05, 0.1) is 35.8 Å². The monoisotopic (exact) mass is 1060 g/mol. The van der Waals surface area contributed by atoms with E-state index in [1.807, 2.05) is 56.8 Å². The summed E-state index contributed by atoms with van der Waals surface area (Å²) in [5.41, 5.74) is 4.67. The molecule has 0 spiro atoms. The standard InChI is InChI=1S/C27H36Cl2N6O.C25H27Cl2N7O2/c1-16-15-33(12-10-22(16)34-11-6-7-23(34)27(4,5)36)24-14-30-25-17(2)32-35(26(25)31-24)18(3)20-9-8-19(28)13-21(20)29;1-14-13-32(9-7-20(14)33-8-3-4-21(33)25(35)36)22-12-29-23-19(11-28)31-34(24(23)30-22)15(2)17-6-5-16(26)10-18(17)27/h8-9,13-14,16,18,22-23,36H,6-7,10-12,15H2,1-5H3;5-6,10,12,14-15,20-21H,3-4,7-9,13H2,1-2H3,(H,35,36). The Hall–Kier alpha value is -4.86. The third-order valence-electron chi connectivity index (χ3n) is 15.5. The van der Waals surface area contributed by atoms with Gasteiger partial charge in [0, 0.05) is 64.4 Å². The quantitative estimate of drug-likeness (QED) is 0.132. The van der Waals surface area contributed by atoms with Gasteiger partial charge in [0.15, 0.2) is 17.0 Å². The van der Waals surface area contributed by atoms with Crippen LogP contribution in [-0.4, -0.2) is 135 Å². The molecule has 0 amide bonds. The van der Waals surface area contributed by atoms with Gasteiger partial charge < -0.3 is 20.0 Å². The van der Waals surface area contributed by atoms with Crippen molar-refractivity contribution in [3.8, 4) is 6.07 Å². The number of aliphatic hydroxyl groups is 1. The lowest BCUT2D eigenvalue weighted by atomic mass is 9.89. The Balaban J connectivity index is 0.000000178. The molecule has 8 unspecified atom stereocenters. The summed E-state index contributed by atoms with van der Waals surface area (Å²) in [7, 11) is 0. The van der Waals surface area contributed by atoms with Crippen LogP contribution in [0.25, 0.3) is 22.3 Å². The van der Waals surface area contributed by atoms with E-state index in [-0.39, 0.29) is 41.8 Å². The Morgan fingerprint density at radius 1 is 0.736 bits per heavy atom. The lowest BCUT2D eigenvalue weighted by molar-refractivity contribution is -0.143. The molecular formula is C52H63Cl4N13O3. The van der Waals surface area contributed by atoms with E-state index in [4.69, 9.17) is 66.5 Å². The van der Waals surface area contributed by atoms with Gasteiger partial charge in [-0.1, -0.05) is 72.4 Å². The van der Waals surface area contributed by atoms with E-state index in [2.05, 4.69) is 56.5 Å². The number of rotatable bonds is 10. The predicted molar refractivity (Wildman–Crippen MR) is 284 cm³/mol. The summed E-state index contributed by atoms with van der Waals surface area (Å²) in [5, 5.41) is 41.5. The van der Waals surface area contributed by atoms with Gasteiger partial charge in [-0.15, -0.1) is 0 Å². The van der Waals surface area contributed by atoms with E-state index in [0.717, 1.165) is 105 Å². The number of benzene rings is 2. The number of carbonyl (C=O) groups is 1. The van der Waals surface area contributed by atoms with Crippen molar-refractivity contribution < 1.29 is 15.0 Å². The summed E-state index contributed by atoms with van der Waals surface area (Å²) in [6.45, 7) is 19.6. The molecule has 4 aromatic heterocycles. The van der Waals surface area contributed by atoms with Crippen LogP contribution in [0, 0.1) is 30.1 Å². The molecule has 4 aliphatic heterocycles. The molecule has 8 heterocycles. The topological polar surface area (TPSA) is 181 Å². The van der Waals surface area contributed by atoms with Crippen LogP contribution in [0.3, 0.4) is 0 Å². The maximum Gasteiger partial charge on any atom is 0.320 e. The number of nitrogens with zero attached hydrogens (tertiary/aromatic N) is 13. The highest BCUT2D eigenvalue weighted by atomic mass is 35.5. The first-order chi connectivity index (χ1) is 34.3. The Kier molecular flexibility index (Phi) is 15.3. The fourth-order valence-corrected chi connectivity index (χ4v) is 13.0. The zero-order valence-corrected chi connectivity index (χ0v) is 44.9. The van der Waals surface area contributed by atoms with Crippen molar-refractivity contribution in [1.82, 2.24) is 49.3 Å². The first-order valence-electron chi connectivity index (χ1n) is 25.1. The molecule has 0 saturated carbocycles. The molecule has 4 saturated heterocycles. The van der Waals surface area contributed by atoms with Gasteiger partial charge in [0.25, 0.3) is 0 Å². The maximum absolute atomic E-state index is 11.7. The summed E-state index contributed by atoms with van der Waals surface area (Å²) in [6.07, 6.45) is 9.33. The summed E-state index contributed by atoms with van der Waals surface area (Å²) in [5.74, 6) is 1.59. The van der Waals surface area contributed by atoms with Gasteiger partial charge in [-0.25, -0.2) is 29.3 Å². The number of carboxylic acid groups (broad SMARTS) is 1. The van der Waals surface area contributed by atoms with E-state index in [1.165, 1.54) is 0 Å². The number of nitriles is 1. The third kappa shape index (κ3) is 10.3. The molecule has 0 radical (unpaired) electrons. The number of fused-ring (bicyclic) bond motifs is 2. The van der Waals surface area contributed by atoms with E-state index < -0.39 is 11.6 Å². The number of aromatic nitrogens is 8. The SMILES string of the molecule is CC1CN(c2cnc3c(C#N)nn(C(C)c4ccc(Cl)cc4Cl)c3n2)CCC1N1CCCC1C(=O)O.Cc1nn(C(C)c2ccc(Cl)cc2Cl)c2nc(N3CCC(N4CCCC4C(C)(C)O)C(C)C3)cnc12. The van der Waals surface area contributed by atoms with Gasteiger partial charge >= 0.3 is 5.97 Å². The van der Waals surface area contributed by atoms with Crippen molar-refractivity contribution in [3.63, 3.8) is 0 Å². The van der Waals surface area contributed by atoms with Crippen LogP contribution >= 0.6 is 46.4 Å². The van der Waals surface area contributed by atoms with E-state index in [1.54, 1.807) is 29.1 Å². The van der Waals surface area contributed by atoms with Crippen LogP contribution in [0.15, 0.2) is 48.8 Å². The number of piperidine rings is 2. The van der Waals surface area contributed by atoms with E-state index >= 15 is 0 Å². The van der Waals surface area contributed by atoms with Crippen molar-refractivity contribution in [1.29, 1.82) is 5.26 Å². The maximum atomic E-state index is 11.7. The Bertz CT molecular complexity index is 3010. The molecule has 8 atom stereocenters. The smallest absolute Gasteiger partial charge is 0.320 e. The average molecular weight is 1060 g/mol. The predicted octanol–water partition coefficient (Wildman–Crippen LogP) is 9.88. The van der Waals surface area contributed by atoms with Crippen LogP contribution in [0.1, 0.15) is 115 Å². The molecule has 0 aliphatic carbocycles. The van der Waals surface area contributed by atoms with Crippen molar-refractivity contribution in [2.75, 3.05) is 49.1 Å². The van der Waals surface area contributed by atoms with Crippen LogP contribution < -0.4 is 9.80 Å². The second-order valence-electron chi connectivity index (χ2n) is 20.8. The third-order valence-corrected chi connectivity index (χ3v) is 16.6. The number of aryl methyl sites for hydroxylation is 1. The van der Waals surface area contributed by atoms with Crippen molar-refractivity contribution in [2.45, 2.75) is 129 Å². The number of anilines is 2. The zero-order chi connectivity index (χ0) is 51.3. The molecule has 2 N–H and O–H groups in total. The van der Waals surface area contributed by atoms with Gasteiger partial charge in [0.2, 0.25) is 0 Å². The molecule has 72 heavy (non-hydrogen) atoms. The Morgan fingerprint density at radius 3 is 1.75 bits per heavy atom. The van der Waals surface area contributed by atoms with Crippen molar-refractivity contribution >= 4 is 86.3 Å². The van der Waals surface area contributed by atoms with Gasteiger partial charge in [-0.3, -0.25) is 14.6 Å². The molecule has 2 aromatic carbocycles. The minimum atomic E-state index is -0.727. The molecule has 6 aromatic rings. The second kappa shape index (κ2) is 21.2. The number of likely N-dealkylation sites (tertiary alicyclic amines) is 2. The first kappa shape index (κ1) is 52.0. The summed E-state index contributed by atoms with van der Waals surface area (Å²) >= 11 is 25.2. The number of halogens is 4. The molecule has 0 bridgehead atoms. The fraction of sp³-hybridized carbons (Fsp3) is 0.538. The molecule has 4 fully saturated rings. The van der Waals surface area contributed by atoms with E-state index in [0.29, 0.717) is 55.5 Å². The fourth-order valence-electron chi connectivity index (χ4n) is 11.9. The van der Waals surface area contributed by atoms with Crippen LogP contribution in [0.4, 0.5) is 11.6 Å². The summed E-state index contributed by atoms with van der Waals surface area (Å²) < 4.78 is 3.61. The Morgan fingerprint density at radius 2 is 1.24 bits per heavy atom. The molecule has 382 valence electrons. The van der Waals surface area contributed by atoms with Gasteiger partial charge in [-0.05, 0) is 133 Å². The number of hydrogen-bond donors (Lipinski definition) is 2. The highest BCUT2D eigenvalue weighted by molar-refractivity contribution is 6.35. The highest BCUT2D eigenvalue weighted by Gasteiger charge is 2.43. The largest absolute Gasteiger partial charge is 0.480 e. The number of hydrogen-bond acceptors (Lipinski definition) is 13. The first-order valence-corrected chi connectivity index (χ1v) is 26.6. The van der Waals surface area contributed by atoms with Gasteiger partial charge in [0.1, 0.15) is 34.8 Å². The zero-order valence-electron chi connectivity index (χ0n) is 41.9. The van der Waals surface area contributed by atoms with Crippen molar-refractivity contribution in [2.24, 2.45) is 11.8 Å². The van der Waals surface area contributed by atoms with Crippen LogP contribution in [0.2, 0.25) is 20.1 Å². The molecule has 20 heteroatoms. The van der Waals surface area contributed by atoms with E-state index in [9.17, 15) is 20.3 Å².